The van der Waals surface area contributed by atoms with E-state index in [9.17, 15) is 4.79 Å². The second-order valence-corrected chi connectivity index (χ2v) is 8.38. The smallest absolute Gasteiger partial charge is 0.277 e. The molecule has 0 bridgehead atoms. The van der Waals surface area contributed by atoms with E-state index < -0.39 is 0 Å². The van der Waals surface area contributed by atoms with Crippen LogP contribution in [0.4, 0.5) is 0 Å². The van der Waals surface area contributed by atoms with E-state index in [1.54, 1.807) is 11.3 Å². The van der Waals surface area contributed by atoms with Crippen molar-refractivity contribution < 1.29 is 10.1 Å². The quantitative estimate of drug-likeness (QED) is 0.738. The molecule has 1 aliphatic rings. The van der Waals surface area contributed by atoms with Gasteiger partial charge in [0.25, 0.3) is 5.91 Å². The van der Waals surface area contributed by atoms with Crippen molar-refractivity contribution in [3.63, 3.8) is 0 Å². The van der Waals surface area contributed by atoms with Crippen molar-refractivity contribution in [2.24, 2.45) is 0 Å². The van der Waals surface area contributed by atoms with Gasteiger partial charge in [-0.1, -0.05) is 42.5 Å². The number of carbonyl (C=O) groups is 1. The first-order valence-electron chi connectivity index (χ1n) is 9.72. The molecular formula is C22H26N3OS+. The van der Waals surface area contributed by atoms with Gasteiger partial charge in [-0.15, -0.1) is 11.3 Å². The molecule has 1 saturated heterocycles. The lowest BCUT2D eigenvalue weighted by molar-refractivity contribution is -0.683. The summed E-state index contributed by atoms with van der Waals surface area (Å²) in [5.74, 6) is 0.735. The Bertz CT molecular complexity index is 867. The minimum atomic E-state index is 0.250. The van der Waals surface area contributed by atoms with Crippen LogP contribution in [0.1, 0.15) is 42.3 Å². The number of carbonyl (C=O) groups excluding carboxylic acids is 1. The Hall–Kier alpha value is -2.24. The molecule has 1 aliphatic heterocycles. The first-order chi connectivity index (χ1) is 13.2. The van der Waals surface area contributed by atoms with Gasteiger partial charge in [0.2, 0.25) is 0 Å². The van der Waals surface area contributed by atoms with Crippen LogP contribution >= 0.6 is 11.3 Å². The summed E-state index contributed by atoms with van der Waals surface area (Å²) in [5, 5.41) is 3.37. The number of nitrogens with zero attached hydrogens (tertiary/aromatic N) is 2. The number of quaternary nitrogens is 1. The Morgan fingerprint density at radius 2 is 1.85 bits per heavy atom. The van der Waals surface area contributed by atoms with E-state index in [1.165, 1.54) is 15.3 Å². The largest absolute Gasteiger partial charge is 0.338 e. The molecule has 1 fully saturated rings. The van der Waals surface area contributed by atoms with Crippen LogP contribution in [-0.4, -0.2) is 35.4 Å². The molecule has 2 heterocycles. The number of rotatable bonds is 5. The summed E-state index contributed by atoms with van der Waals surface area (Å²) in [5.41, 5.74) is 2.36. The molecule has 27 heavy (non-hydrogen) atoms. The third-order valence-electron chi connectivity index (χ3n) is 5.48. The van der Waals surface area contributed by atoms with E-state index in [0.717, 1.165) is 31.4 Å². The predicted octanol–water partition coefficient (Wildman–Crippen LogP) is 3.33. The summed E-state index contributed by atoms with van der Waals surface area (Å²) in [7, 11) is 0. The maximum Gasteiger partial charge on any atom is 0.277 e. The number of hydrogen-bond donors (Lipinski definition) is 1. The number of para-hydroxylation sites is 1. The number of thiazole rings is 1. The molecule has 1 amide bonds. The monoisotopic (exact) mass is 380 g/mol. The molecule has 0 radical (unpaired) electrons. The van der Waals surface area contributed by atoms with Gasteiger partial charge in [-0.3, -0.25) is 4.79 Å². The second kappa shape index (κ2) is 8.19. The maximum absolute atomic E-state index is 12.6. The fourth-order valence-electron chi connectivity index (χ4n) is 3.74. The van der Waals surface area contributed by atoms with Gasteiger partial charge in [0.15, 0.2) is 6.54 Å². The SMILES string of the molecule is C[C@@H]([NH2+]CC(=O)N1CCC(c2nc3ccccc3s2)CC1)c1ccccc1. The molecule has 0 spiro atoms. The van der Waals surface area contributed by atoms with Crippen molar-refractivity contribution in [3.8, 4) is 0 Å². The van der Waals surface area contributed by atoms with Gasteiger partial charge in [-0.2, -0.15) is 0 Å². The molecule has 3 aromatic rings. The van der Waals surface area contributed by atoms with Gasteiger partial charge in [0, 0.05) is 24.6 Å². The van der Waals surface area contributed by atoms with Gasteiger partial charge in [0.1, 0.15) is 6.04 Å². The molecule has 2 aromatic carbocycles. The minimum Gasteiger partial charge on any atom is -0.338 e. The van der Waals surface area contributed by atoms with E-state index in [1.807, 2.05) is 29.2 Å². The summed E-state index contributed by atoms with van der Waals surface area (Å²) in [6, 6.07) is 19.0. The summed E-state index contributed by atoms with van der Waals surface area (Å²) < 4.78 is 1.26. The van der Waals surface area contributed by atoms with Crippen LogP contribution in [0.25, 0.3) is 10.2 Å². The van der Waals surface area contributed by atoms with Gasteiger partial charge in [0.05, 0.1) is 15.2 Å². The van der Waals surface area contributed by atoms with Crippen molar-refractivity contribution in [1.82, 2.24) is 9.88 Å². The highest BCUT2D eigenvalue weighted by molar-refractivity contribution is 7.18. The number of fused-ring (bicyclic) bond motifs is 1. The lowest BCUT2D eigenvalue weighted by Crippen LogP contribution is -2.87. The number of aromatic nitrogens is 1. The van der Waals surface area contributed by atoms with Crippen molar-refractivity contribution in [2.45, 2.75) is 31.7 Å². The first-order valence-corrected chi connectivity index (χ1v) is 10.5. The molecular weight excluding hydrogens is 354 g/mol. The van der Waals surface area contributed by atoms with Crippen LogP contribution in [0.15, 0.2) is 54.6 Å². The summed E-state index contributed by atoms with van der Waals surface area (Å²) in [6.07, 6.45) is 2.03. The third-order valence-corrected chi connectivity index (χ3v) is 6.68. The average molecular weight is 381 g/mol. The normalized spacial score (nSPS) is 16.6. The lowest BCUT2D eigenvalue weighted by atomic mass is 9.97. The zero-order valence-corrected chi connectivity index (χ0v) is 16.5. The van der Waals surface area contributed by atoms with E-state index in [2.05, 4.69) is 42.6 Å². The van der Waals surface area contributed by atoms with Crippen LogP contribution in [0.2, 0.25) is 0 Å². The Morgan fingerprint density at radius 1 is 1.15 bits per heavy atom. The maximum atomic E-state index is 12.6. The fourth-order valence-corrected chi connectivity index (χ4v) is 4.88. The van der Waals surface area contributed by atoms with E-state index in [4.69, 9.17) is 4.98 Å². The number of likely N-dealkylation sites (tertiary alicyclic amines) is 1. The highest BCUT2D eigenvalue weighted by atomic mass is 32.1. The third kappa shape index (κ3) is 4.20. The van der Waals surface area contributed by atoms with E-state index >= 15 is 0 Å². The lowest BCUT2D eigenvalue weighted by Gasteiger charge is -2.30. The number of benzene rings is 2. The molecule has 2 N–H and O–H groups in total. The Balaban J connectivity index is 1.29. The Morgan fingerprint density at radius 3 is 2.59 bits per heavy atom. The molecule has 0 aliphatic carbocycles. The van der Waals surface area contributed by atoms with Crippen LogP contribution in [0.3, 0.4) is 0 Å². The first kappa shape index (κ1) is 18.1. The number of piperidine rings is 1. The van der Waals surface area contributed by atoms with Gasteiger partial charge in [-0.05, 0) is 31.9 Å². The van der Waals surface area contributed by atoms with Crippen molar-refractivity contribution >= 4 is 27.5 Å². The predicted molar refractivity (Wildman–Crippen MR) is 110 cm³/mol. The van der Waals surface area contributed by atoms with E-state index in [-0.39, 0.29) is 5.91 Å². The topological polar surface area (TPSA) is 49.8 Å². The molecule has 4 nitrogen and oxygen atoms in total. The summed E-state index contributed by atoms with van der Waals surface area (Å²) >= 11 is 1.80. The molecule has 0 saturated carbocycles. The minimum absolute atomic E-state index is 0.250. The highest BCUT2D eigenvalue weighted by Gasteiger charge is 2.26. The van der Waals surface area contributed by atoms with Gasteiger partial charge in [-0.25, -0.2) is 4.98 Å². The highest BCUT2D eigenvalue weighted by Crippen LogP contribution is 2.33. The summed E-state index contributed by atoms with van der Waals surface area (Å²) in [6.45, 7) is 4.35. The van der Waals surface area contributed by atoms with Crippen molar-refractivity contribution in [3.05, 3.63) is 65.2 Å². The van der Waals surface area contributed by atoms with Crippen LogP contribution in [-0.2, 0) is 4.79 Å². The molecule has 0 unspecified atom stereocenters. The van der Waals surface area contributed by atoms with Crippen LogP contribution in [0.5, 0.6) is 0 Å². The zero-order valence-electron chi connectivity index (χ0n) is 15.7. The van der Waals surface area contributed by atoms with Crippen molar-refractivity contribution in [1.29, 1.82) is 0 Å². The van der Waals surface area contributed by atoms with Gasteiger partial charge < -0.3 is 10.2 Å². The van der Waals surface area contributed by atoms with E-state index in [0.29, 0.717) is 18.5 Å². The second-order valence-electron chi connectivity index (χ2n) is 7.31. The molecule has 140 valence electrons. The van der Waals surface area contributed by atoms with Gasteiger partial charge >= 0.3 is 0 Å². The fraction of sp³-hybridized carbons (Fsp3) is 0.364. The van der Waals surface area contributed by atoms with Crippen LogP contribution in [0, 0.1) is 0 Å². The van der Waals surface area contributed by atoms with Crippen LogP contribution < -0.4 is 5.32 Å². The molecule has 1 atom stereocenters. The number of hydrogen-bond acceptors (Lipinski definition) is 3. The Labute approximate surface area is 164 Å². The van der Waals surface area contributed by atoms with Crippen molar-refractivity contribution in [2.75, 3.05) is 19.6 Å². The average Bonchev–Trinajstić information content (AvgIpc) is 3.17. The summed E-state index contributed by atoms with van der Waals surface area (Å²) in [4.78, 5) is 19.4. The molecule has 1 aromatic heterocycles. The standard InChI is InChI=1S/C22H25N3OS/c1-16(17-7-3-2-4-8-17)23-15-21(26)25-13-11-18(12-14-25)22-24-19-9-5-6-10-20(19)27-22/h2-10,16,18,23H,11-15H2,1H3/p+1/t16-/m1/s1. The molecule has 4 rings (SSSR count). The Kier molecular flexibility index (Phi) is 5.50. The zero-order chi connectivity index (χ0) is 18.6. The number of nitrogens with two attached hydrogens (primary N) is 1. The molecule has 5 heteroatoms. The number of amides is 1.